The Morgan fingerprint density at radius 1 is 0.932 bits per heavy atom. The van der Waals surface area contributed by atoms with Gasteiger partial charge in [-0.3, -0.25) is 9.59 Å². The first-order valence-electron chi connectivity index (χ1n) is 15.6. The van der Waals surface area contributed by atoms with E-state index in [-0.39, 0.29) is 36.9 Å². The van der Waals surface area contributed by atoms with Gasteiger partial charge in [0.15, 0.2) is 0 Å². The van der Waals surface area contributed by atoms with Crippen molar-refractivity contribution in [2.45, 2.75) is 76.9 Å². The number of likely N-dealkylation sites (tertiary alicyclic amines) is 1. The predicted octanol–water partition coefficient (Wildman–Crippen LogP) is 4.96. The van der Waals surface area contributed by atoms with Crippen molar-refractivity contribution in [1.82, 2.24) is 20.9 Å². The van der Waals surface area contributed by atoms with Gasteiger partial charge in [-0.05, 0) is 68.7 Å². The maximum Gasteiger partial charge on any atom is 0.407 e. The first-order chi connectivity index (χ1) is 21.1. The number of carbonyl (C=O) groups excluding carboxylic acids is 4. The second kappa shape index (κ2) is 15.1. The molecule has 238 valence electrons. The molecule has 4 rings (SSSR count). The van der Waals surface area contributed by atoms with Crippen LogP contribution in [0.2, 0.25) is 0 Å². The summed E-state index contributed by atoms with van der Waals surface area (Å²) in [7, 11) is 1.57. The molecule has 2 aromatic rings. The standard InChI is InChI=1S/C34H46N4O6/c1-34(2,3)44-33(42)36-18-10-9-11-23(31(40)38-19-16-24(17-20-38)37-32(41)35-4)21-30(39)43-22-29-27-14-7-5-12-25(27)26-13-6-8-15-28(26)29/h5-8,12-15,23-24,29H,9-11,16-22H2,1-4H3,(H,36,42)(H2,35,37,41)/t23-/m0/s1. The molecule has 3 N–H and O–H groups in total. The molecule has 44 heavy (non-hydrogen) atoms. The van der Waals surface area contributed by atoms with Crippen molar-refractivity contribution in [3.63, 3.8) is 0 Å². The highest BCUT2D eigenvalue weighted by molar-refractivity contribution is 5.84. The van der Waals surface area contributed by atoms with Gasteiger partial charge >= 0.3 is 18.1 Å². The van der Waals surface area contributed by atoms with Crippen LogP contribution in [0.3, 0.4) is 0 Å². The molecule has 0 saturated carbocycles. The number of ether oxygens (including phenoxy) is 2. The summed E-state index contributed by atoms with van der Waals surface area (Å²) in [6, 6.07) is 16.1. The van der Waals surface area contributed by atoms with E-state index in [4.69, 9.17) is 9.47 Å². The molecule has 1 heterocycles. The molecule has 0 radical (unpaired) electrons. The van der Waals surface area contributed by atoms with Crippen molar-refractivity contribution >= 4 is 24.0 Å². The quantitative estimate of drug-likeness (QED) is 0.245. The van der Waals surface area contributed by atoms with Crippen LogP contribution in [0.1, 0.15) is 76.3 Å². The van der Waals surface area contributed by atoms with E-state index in [0.29, 0.717) is 51.7 Å². The topological polar surface area (TPSA) is 126 Å². The Morgan fingerprint density at radius 3 is 2.14 bits per heavy atom. The Kier molecular flexibility index (Phi) is 11.3. The van der Waals surface area contributed by atoms with Crippen LogP contribution >= 0.6 is 0 Å². The summed E-state index contributed by atoms with van der Waals surface area (Å²) in [5.74, 6) is -1.05. The van der Waals surface area contributed by atoms with E-state index >= 15 is 0 Å². The van der Waals surface area contributed by atoms with Crippen molar-refractivity contribution in [1.29, 1.82) is 0 Å². The highest BCUT2D eigenvalue weighted by atomic mass is 16.6. The molecular formula is C34H46N4O6. The number of carbonyl (C=O) groups is 4. The summed E-state index contributed by atoms with van der Waals surface area (Å²) in [5, 5.41) is 8.23. The number of unbranched alkanes of at least 4 members (excludes halogenated alkanes) is 1. The molecule has 1 aliphatic heterocycles. The van der Waals surface area contributed by atoms with E-state index in [0.717, 1.165) is 22.3 Å². The van der Waals surface area contributed by atoms with E-state index < -0.39 is 23.6 Å². The molecule has 0 unspecified atom stereocenters. The molecule has 2 aliphatic rings. The molecule has 10 heteroatoms. The molecular weight excluding hydrogens is 560 g/mol. The van der Waals surface area contributed by atoms with Gasteiger partial charge in [0.2, 0.25) is 5.91 Å². The number of fused-ring (bicyclic) bond motifs is 3. The van der Waals surface area contributed by atoms with Crippen LogP contribution in [0.5, 0.6) is 0 Å². The Bertz CT molecular complexity index is 1270. The first-order valence-corrected chi connectivity index (χ1v) is 15.6. The zero-order valence-electron chi connectivity index (χ0n) is 26.3. The molecule has 2 aromatic carbocycles. The van der Waals surface area contributed by atoms with Crippen molar-refractivity contribution < 1.29 is 28.7 Å². The van der Waals surface area contributed by atoms with E-state index in [1.54, 1.807) is 11.9 Å². The Hall–Kier alpha value is -4.08. The van der Waals surface area contributed by atoms with Crippen LogP contribution in [0.25, 0.3) is 11.1 Å². The largest absolute Gasteiger partial charge is 0.465 e. The zero-order chi connectivity index (χ0) is 31.7. The molecule has 1 fully saturated rings. The van der Waals surface area contributed by atoms with Gasteiger partial charge in [0.25, 0.3) is 0 Å². The lowest BCUT2D eigenvalue weighted by Crippen LogP contribution is -2.49. The number of nitrogens with one attached hydrogen (secondary N) is 3. The van der Waals surface area contributed by atoms with Crippen LogP contribution in [-0.2, 0) is 19.1 Å². The number of amides is 4. The lowest BCUT2D eigenvalue weighted by atomic mass is 9.94. The highest BCUT2D eigenvalue weighted by Gasteiger charge is 2.32. The fourth-order valence-corrected chi connectivity index (χ4v) is 5.97. The third-order valence-electron chi connectivity index (χ3n) is 8.15. The predicted molar refractivity (Wildman–Crippen MR) is 168 cm³/mol. The summed E-state index contributed by atoms with van der Waals surface area (Å²) in [6.07, 6.45) is 2.61. The average molecular weight is 607 g/mol. The maximum atomic E-state index is 13.7. The number of benzene rings is 2. The molecule has 1 saturated heterocycles. The van der Waals surface area contributed by atoms with Crippen molar-refractivity contribution in [2.75, 3.05) is 33.3 Å². The lowest BCUT2D eigenvalue weighted by molar-refractivity contribution is -0.149. The molecule has 0 spiro atoms. The van der Waals surface area contributed by atoms with E-state index in [1.165, 1.54) is 0 Å². The molecule has 0 bridgehead atoms. The molecule has 1 aliphatic carbocycles. The maximum absolute atomic E-state index is 13.7. The van der Waals surface area contributed by atoms with Crippen LogP contribution in [0.15, 0.2) is 48.5 Å². The van der Waals surface area contributed by atoms with Crippen LogP contribution < -0.4 is 16.0 Å². The molecule has 10 nitrogen and oxygen atoms in total. The summed E-state index contributed by atoms with van der Waals surface area (Å²) >= 11 is 0. The van der Waals surface area contributed by atoms with Gasteiger partial charge in [0.05, 0.1) is 6.42 Å². The van der Waals surface area contributed by atoms with Crippen molar-refractivity contribution in [3.05, 3.63) is 59.7 Å². The molecule has 4 amide bonds. The highest BCUT2D eigenvalue weighted by Crippen LogP contribution is 2.44. The summed E-state index contributed by atoms with van der Waals surface area (Å²) in [4.78, 5) is 52.4. The monoisotopic (exact) mass is 606 g/mol. The number of urea groups is 1. The van der Waals surface area contributed by atoms with Crippen molar-refractivity contribution in [3.8, 4) is 11.1 Å². The van der Waals surface area contributed by atoms with Gasteiger partial charge in [0.1, 0.15) is 12.2 Å². The molecule has 1 atom stereocenters. The number of esters is 1. The SMILES string of the molecule is CNC(=O)NC1CCN(C(=O)[C@@H](CCCCNC(=O)OC(C)(C)C)CC(=O)OCC2c3ccccc3-c3ccccc32)CC1. The van der Waals surface area contributed by atoms with E-state index in [1.807, 2.05) is 45.0 Å². The second-order valence-electron chi connectivity index (χ2n) is 12.6. The normalized spacial score (nSPS) is 15.5. The third-order valence-corrected chi connectivity index (χ3v) is 8.15. The van der Waals surface area contributed by atoms with Crippen LogP contribution in [-0.4, -0.2) is 73.8 Å². The Labute approximate surface area is 260 Å². The Balaban J connectivity index is 1.34. The number of piperidine rings is 1. The number of nitrogens with zero attached hydrogens (tertiary/aromatic N) is 1. The van der Waals surface area contributed by atoms with Crippen molar-refractivity contribution in [2.24, 2.45) is 5.92 Å². The Morgan fingerprint density at radius 2 is 1.55 bits per heavy atom. The van der Waals surface area contributed by atoms with Crippen LogP contribution in [0, 0.1) is 5.92 Å². The molecule has 0 aromatic heterocycles. The van der Waals surface area contributed by atoms with E-state index in [9.17, 15) is 19.2 Å². The zero-order valence-corrected chi connectivity index (χ0v) is 26.3. The number of hydrogen-bond donors (Lipinski definition) is 3. The minimum absolute atomic E-state index is 0.00138. The fraction of sp³-hybridized carbons (Fsp3) is 0.529. The van der Waals surface area contributed by atoms with E-state index in [2.05, 4.69) is 40.2 Å². The van der Waals surface area contributed by atoms with Gasteiger partial charge in [0, 0.05) is 44.6 Å². The summed E-state index contributed by atoms with van der Waals surface area (Å²) in [5.41, 5.74) is 4.02. The fourth-order valence-electron chi connectivity index (χ4n) is 5.97. The summed E-state index contributed by atoms with van der Waals surface area (Å²) in [6.45, 7) is 7.07. The average Bonchev–Trinajstić information content (AvgIpc) is 3.32. The second-order valence-corrected chi connectivity index (χ2v) is 12.6. The number of hydrogen-bond acceptors (Lipinski definition) is 6. The smallest absolute Gasteiger partial charge is 0.407 e. The van der Waals surface area contributed by atoms with Gasteiger partial charge < -0.3 is 30.3 Å². The van der Waals surface area contributed by atoms with Gasteiger partial charge in [-0.15, -0.1) is 0 Å². The minimum Gasteiger partial charge on any atom is -0.465 e. The lowest BCUT2D eigenvalue weighted by Gasteiger charge is -2.34. The van der Waals surface area contributed by atoms with Crippen LogP contribution in [0.4, 0.5) is 9.59 Å². The van der Waals surface area contributed by atoms with Gasteiger partial charge in [-0.25, -0.2) is 9.59 Å². The first kappa shape index (κ1) is 32.8. The number of rotatable bonds is 11. The summed E-state index contributed by atoms with van der Waals surface area (Å²) < 4.78 is 11.1. The van der Waals surface area contributed by atoms with Gasteiger partial charge in [-0.2, -0.15) is 0 Å². The minimum atomic E-state index is -0.575. The van der Waals surface area contributed by atoms with Gasteiger partial charge in [-0.1, -0.05) is 55.0 Å². The third kappa shape index (κ3) is 8.97. The number of alkyl carbamates (subject to hydrolysis) is 1.